The number of fused-ring (bicyclic) bond motifs is 1. The molecule has 0 saturated carbocycles. The first-order valence-corrected chi connectivity index (χ1v) is 7.42. The number of hydrogen-bond donors (Lipinski definition) is 3. The number of nitrogens with zero attached hydrogens (tertiary/aromatic N) is 2. The Morgan fingerprint density at radius 1 is 1.40 bits per heavy atom. The summed E-state index contributed by atoms with van der Waals surface area (Å²) in [6.45, 7) is 2.04. The molecule has 1 saturated heterocycles. The molecule has 1 aromatic rings. The van der Waals surface area contributed by atoms with Crippen LogP contribution in [0.25, 0.3) is 0 Å². The molecule has 0 spiro atoms. The number of pyridine rings is 1. The summed E-state index contributed by atoms with van der Waals surface area (Å²) < 4.78 is 0. The van der Waals surface area contributed by atoms with Crippen LogP contribution in [0.15, 0.2) is 6.07 Å². The molecule has 0 unspecified atom stereocenters. The lowest BCUT2D eigenvalue weighted by Crippen LogP contribution is -2.37. The second-order valence-corrected chi connectivity index (χ2v) is 5.85. The summed E-state index contributed by atoms with van der Waals surface area (Å²) in [6.07, 6.45) is 5.19. The van der Waals surface area contributed by atoms with Crippen LogP contribution in [0.2, 0.25) is 0 Å². The van der Waals surface area contributed by atoms with E-state index in [0.29, 0.717) is 5.92 Å². The molecule has 1 fully saturated rings. The molecule has 3 rings (SSSR count). The van der Waals surface area contributed by atoms with Gasteiger partial charge in [0.15, 0.2) is 0 Å². The lowest BCUT2D eigenvalue weighted by Gasteiger charge is -2.33. The van der Waals surface area contributed by atoms with Gasteiger partial charge < -0.3 is 15.7 Å². The topological polar surface area (TPSA) is 86.2 Å². The van der Waals surface area contributed by atoms with Crippen molar-refractivity contribution in [1.82, 2.24) is 4.98 Å². The highest BCUT2D eigenvalue weighted by Gasteiger charge is 2.24. The number of nitrogens with two attached hydrogens (primary N) is 1. The normalized spacial score (nSPS) is 19.1. The maximum atomic E-state index is 9.23. The van der Waals surface area contributed by atoms with Gasteiger partial charge in [-0.25, -0.2) is 4.98 Å². The van der Waals surface area contributed by atoms with Gasteiger partial charge in [-0.05, 0) is 49.7 Å². The fraction of sp³-hybridized carbons (Fsp3) is 0.600. The third kappa shape index (κ3) is 2.38. The number of hydrogen-bond acceptors (Lipinski definition) is 4. The van der Waals surface area contributed by atoms with Gasteiger partial charge in [-0.3, -0.25) is 5.41 Å². The zero-order valence-electron chi connectivity index (χ0n) is 11.7. The molecule has 1 aliphatic carbocycles. The Balaban J connectivity index is 1.90. The molecule has 2 heterocycles. The van der Waals surface area contributed by atoms with Crippen LogP contribution in [0, 0.1) is 11.3 Å². The standard InChI is InChI=1S/C15H22N4O/c16-14(17)12-8-11-2-1-3-13(11)18-15(12)19-6-4-10(9-20)5-7-19/h8,10,20H,1-7,9H2,(H3,16,17). The van der Waals surface area contributed by atoms with Crippen LogP contribution in [0.4, 0.5) is 5.82 Å². The van der Waals surface area contributed by atoms with Gasteiger partial charge >= 0.3 is 0 Å². The molecule has 0 bridgehead atoms. The van der Waals surface area contributed by atoms with Crippen molar-refractivity contribution in [3.8, 4) is 0 Å². The molecule has 4 N–H and O–H groups in total. The summed E-state index contributed by atoms with van der Waals surface area (Å²) in [5.74, 6) is 1.38. The molecule has 1 aliphatic heterocycles. The third-order valence-corrected chi connectivity index (χ3v) is 4.49. The Morgan fingerprint density at radius 3 is 2.80 bits per heavy atom. The predicted octanol–water partition coefficient (Wildman–Crippen LogP) is 1.06. The van der Waals surface area contributed by atoms with E-state index in [9.17, 15) is 5.11 Å². The van der Waals surface area contributed by atoms with Crippen LogP contribution >= 0.6 is 0 Å². The first-order valence-electron chi connectivity index (χ1n) is 7.42. The SMILES string of the molecule is N=C(N)c1cc2c(nc1N1CCC(CO)CC1)CCC2. The number of anilines is 1. The summed E-state index contributed by atoms with van der Waals surface area (Å²) >= 11 is 0. The van der Waals surface area contributed by atoms with Crippen molar-refractivity contribution in [3.63, 3.8) is 0 Å². The van der Waals surface area contributed by atoms with Crippen molar-refractivity contribution in [2.24, 2.45) is 11.7 Å². The van der Waals surface area contributed by atoms with E-state index in [1.165, 1.54) is 11.3 Å². The molecule has 2 aliphatic rings. The van der Waals surface area contributed by atoms with Crippen molar-refractivity contribution in [2.45, 2.75) is 32.1 Å². The average molecular weight is 274 g/mol. The average Bonchev–Trinajstić information content (AvgIpc) is 2.93. The second kappa shape index (κ2) is 5.40. The molecule has 5 heteroatoms. The Morgan fingerprint density at radius 2 is 2.15 bits per heavy atom. The van der Waals surface area contributed by atoms with E-state index in [-0.39, 0.29) is 12.4 Å². The summed E-state index contributed by atoms with van der Waals surface area (Å²) in [4.78, 5) is 7.02. The number of amidine groups is 1. The van der Waals surface area contributed by atoms with E-state index in [4.69, 9.17) is 16.1 Å². The molecule has 0 aromatic carbocycles. The number of aliphatic hydroxyl groups excluding tert-OH is 1. The fourth-order valence-corrected chi connectivity index (χ4v) is 3.23. The number of nitrogens with one attached hydrogen (secondary N) is 1. The highest BCUT2D eigenvalue weighted by atomic mass is 16.3. The monoisotopic (exact) mass is 274 g/mol. The van der Waals surface area contributed by atoms with E-state index < -0.39 is 0 Å². The van der Waals surface area contributed by atoms with Crippen molar-refractivity contribution in [1.29, 1.82) is 5.41 Å². The van der Waals surface area contributed by atoms with Gasteiger partial charge in [0.05, 0.1) is 5.56 Å². The smallest absolute Gasteiger partial charge is 0.139 e. The van der Waals surface area contributed by atoms with Gasteiger partial charge in [0.1, 0.15) is 11.7 Å². The highest BCUT2D eigenvalue weighted by Crippen LogP contribution is 2.29. The number of aryl methyl sites for hydroxylation is 2. The van der Waals surface area contributed by atoms with Crippen LogP contribution in [0.1, 0.15) is 36.1 Å². The molecule has 5 nitrogen and oxygen atoms in total. The van der Waals surface area contributed by atoms with Crippen LogP contribution < -0.4 is 10.6 Å². The van der Waals surface area contributed by atoms with Crippen LogP contribution in [0.5, 0.6) is 0 Å². The maximum Gasteiger partial charge on any atom is 0.139 e. The van der Waals surface area contributed by atoms with Gasteiger partial charge in [-0.2, -0.15) is 0 Å². The fourth-order valence-electron chi connectivity index (χ4n) is 3.23. The zero-order valence-corrected chi connectivity index (χ0v) is 11.7. The molecular weight excluding hydrogens is 252 g/mol. The molecule has 0 radical (unpaired) electrons. The predicted molar refractivity (Wildman–Crippen MR) is 79.3 cm³/mol. The lowest BCUT2D eigenvalue weighted by atomic mass is 9.97. The van der Waals surface area contributed by atoms with Gasteiger partial charge in [0.25, 0.3) is 0 Å². The van der Waals surface area contributed by atoms with E-state index in [1.807, 2.05) is 0 Å². The van der Waals surface area contributed by atoms with Crippen LogP contribution in [-0.4, -0.2) is 35.6 Å². The molecule has 0 atom stereocenters. The third-order valence-electron chi connectivity index (χ3n) is 4.49. The van der Waals surface area contributed by atoms with Gasteiger partial charge in [-0.1, -0.05) is 0 Å². The summed E-state index contributed by atoms with van der Waals surface area (Å²) in [5, 5.41) is 17.0. The number of rotatable bonds is 3. The van der Waals surface area contributed by atoms with Crippen LogP contribution in [0.3, 0.4) is 0 Å². The van der Waals surface area contributed by atoms with E-state index >= 15 is 0 Å². The van der Waals surface area contributed by atoms with E-state index in [2.05, 4.69) is 11.0 Å². The molecule has 1 aromatic heterocycles. The van der Waals surface area contributed by atoms with Gasteiger partial charge in [0, 0.05) is 25.4 Å². The van der Waals surface area contributed by atoms with Crippen molar-refractivity contribution < 1.29 is 5.11 Å². The highest BCUT2D eigenvalue weighted by molar-refractivity contribution is 6.00. The van der Waals surface area contributed by atoms with Crippen molar-refractivity contribution >= 4 is 11.7 Å². The van der Waals surface area contributed by atoms with Crippen molar-refractivity contribution in [3.05, 3.63) is 22.9 Å². The molecule has 0 amide bonds. The summed E-state index contributed by atoms with van der Waals surface area (Å²) in [7, 11) is 0. The number of aliphatic hydroxyl groups is 1. The minimum absolute atomic E-state index is 0.103. The van der Waals surface area contributed by atoms with E-state index in [1.54, 1.807) is 0 Å². The van der Waals surface area contributed by atoms with Crippen LogP contribution in [-0.2, 0) is 12.8 Å². The Kier molecular flexibility index (Phi) is 3.61. The maximum absolute atomic E-state index is 9.23. The largest absolute Gasteiger partial charge is 0.396 e. The quantitative estimate of drug-likeness (QED) is 0.568. The number of nitrogen functional groups attached to an aromatic ring is 1. The second-order valence-electron chi connectivity index (χ2n) is 5.85. The first-order chi connectivity index (χ1) is 9.69. The number of aromatic nitrogens is 1. The summed E-state index contributed by atoms with van der Waals surface area (Å²) in [6, 6.07) is 2.06. The van der Waals surface area contributed by atoms with Gasteiger partial charge in [-0.15, -0.1) is 0 Å². The van der Waals surface area contributed by atoms with Crippen molar-refractivity contribution in [2.75, 3.05) is 24.6 Å². The summed E-state index contributed by atoms with van der Waals surface area (Å²) in [5.41, 5.74) is 8.95. The first kappa shape index (κ1) is 13.4. The minimum Gasteiger partial charge on any atom is -0.396 e. The Labute approximate surface area is 119 Å². The van der Waals surface area contributed by atoms with E-state index in [0.717, 1.165) is 56.6 Å². The lowest BCUT2D eigenvalue weighted by molar-refractivity contribution is 0.203. The molecule has 108 valence electrons. The van der Waals surface area contributed by atoms with Gasteiger partial charge in [0.2, 0.25) is 0 Å². The number of piperidine rings is 1. The minimum atomic E-state index is 0.103. The molecule has 20 heavy (non-hydrogen) atoms. The molecular formula is C15H22N4O. The Hall–Kier alpha value is -1.62. The zero-order chi connectivity index (χ0) is 14.1. The Bertz CT molecular complexity index is 521.